The van der Waals surface area contributed by atoms with E-state index in [0.717, 1.165) is 18.5 Å². The second-order valence-corrected chi connectivity index (χ2v) is 5.79. The van der Waals surface area contributed by atoms with Crippen molar-refractivity contribution in [2.24, 2.45) is 0 Å². The van der Waals surface area contributed by atoms with Crippen LogP contribution in [0.5, 0.6) is 5.75 Å². The summed E-state index contributed by atoms with van der Waals surface area (Å²) in [5.41, 5.74) is 0.958. The Bertz CT molecular complexity index is 464. The fourth-order valence-electron chi connectivity index (χ4n) is 1.85. The first-order valence-corrected chi connectivity index (χ1v) is 7.78. The molecule has 1 unspecified atom stereocenters. The Kier molecular flexibility index (Phi) is 7.54. The lowest BCUT2D eigenvalue weighted by Gasteiger charge is -2.19. The Morgan fingerprint density at radius 2 is 2.05 bits per heavy atom. The van der Waals surface area contributed by atoms with Crippen LogP contribution >= 0.6 is 11.6 Å². The van der Waals surface area contributed by atoms with E-state index >= 15 is 0 Å². The van der Waals surface area contributed by atoms with Gasteiger partial charge in [-0.25, -0.2) is 0 Å². The molecule has 0 saturated carbocycles. The maximum Gasteiger partial charge on any atom is 0.260 e. The molecule has 0 aliphatic carbocycles. The molecule has 2 N–H and O–H groups in total. The molecule has 1 rings (SSSR count). The highest BCUT2D eigenvalue weighted by molar-refractivity contribution is 6.30. The van der Waals surface area contributed by atoms with Crippen LogP contribution in [0, 0.1) is 0 Å². The predicted molar refractivity (Wildman–Crippen MR) is 86.8 cm³/mol. The van der Waals surface area contributed by atoms with E-state index in [0.29, 0.717) is 17.3 Å². The van der Waals surface area contributed by atoms with E-state index in [2.05, 4.69) is 17.6 Å². The highest BCUT2D eigenvalue weighted by Gasteiger charge is 2.17. The number of amides is 1. The van der Waals surface area contributed by atoms with Gasteiger partial charge in [0, 0.05) is 23.2 Å². The Labute approximate surface area is 132 Å². The third-order valence-electron chi connectivity index (χ3n) is 2.87. The lowest BCUT2D eigenvalue weighted by Crippen LogP contribution is -2.40. The summed E-state index contributed by atoms with van der Waals surface area (Å²) in [7, 11) is 0. The molecule has 1 aromatic carbocycles. The normalized spacial score (nSPS) is 12.3. The highest BCUT2D eigenvalue weighted by Crippen LogP contribution is 2.24. The van der Waals surface area contributed by atoms with Crippen LogP contribution in [-0.4, -0.2) is 24.6 Å². The van der Waals surface area contributed by atoms with Gasteiger partial charge in [-0.05, 0) is 51.9 Å². The Balaban J connectivity index is 2.74. The monoisotopic (exact) mass is 312 g/mol. The van der Waals surface area contributed by atoms with Crippen molar-refractivity contribution < 1.29 is 9.53 Å². The number of hydrogen-bond donors (Lipinski definition) is 2. The molecule has 0 fully saturated rings. The molecule has 21 heavy (non-hydrogen) atoms. The quantitative estimate of drug-likeness (QED) is 0.725. The van der Waals surface area contributed by atoms with Crippen LogP contribution in [0.2, 0.25) is 5.02 Å². The summed E-state index contributed by atoms with van der Waals surface area (Å²) < 4.78 is 5.78. The third-order valence-corrected chi connectivity index (χ3v) is 3.10. The summed E-state index contributed by atoms with van der Waals surface area (Å²) in [4.78, 5) is 11.9. The third kappa shape index (κ3) is 6.36. The smallest absolute Gasteiger partial charge is 0.260 e. The minimum Gasteiger partial charge on any atom is -0.481 e. The zero-order valence-corrected chi connectivity index (χ0v) is 14.0. The minimum atomic E-state index is -0.543. The zero-order valence-electron chi connectivity index (χ0n) is 13.2. The zero-order chi connectivity index (χ0) is 15.8. The second-order valence-electron chi connectivity index (χ2n) is 5.35. The first-order valence-electron chi connectivity index (χ1n) is 7.40. The van der Waals surface area contributed by atoms with E-state index in [1.165, 1.54) is 0 Å². The van der Waals surface area contributed by atoms with Crippen LogP contribution in [0.4, 0.5) is 0 Å². The largest absolute Gasteiger partial charge is 0.481 e. The van der Waals surface area contributed by atoms with E-state index in [1.54, 1.807) is 13.0 Å². The first-order chi connectivity index (χ1) is 9.93. The van der Waals surface area contributed by atoms with Crippen molar-refractivity contribution in [3.05, 3.63) is 28.8 Å². The van der Waals surface area contributed by atoms with E-state index in [1.807, 2.05) is 26.0 Å². The molecular weight excluding hydrogens is 288 g/mol. The van der Waals surface area contributed by atoms with Crippen LogP contribution in [0.3, 0.4) is 0 Å². The van der Waals surface area contributed by atoms with Crippen molar-refractivity contribution in [2.45, 2.75) is 52.8 Å². The van der Waals surface area contributed by atoms with Crippen molar-refractivity contribution in [1.82, 2.24) is 10.6 Å². The van der Waals surface area contributed by atoms with Crippen LogP contribution in [-0.2, 0) is 11.3 Å². The fourth-order valence-corrected chi connectivity index (χ4v) is 2.04. The molecule has 0 radical (unpaired) electrons. The minimum absolute atomic E-state index is 0.0967. The van der Waals surface area contributed by atoms with Gasteiger partial charge in [0.05, 0.1) is 0 Å². The molecular formula is C16H25ClN2O2. The summed E-state index contributed by atoms with van der Waals surface area (Å²) in [6.07, 6.45) is 0.516. The molecule has 1 amide bonds. The van der Waals surface area contributed by atoms with Gasteiger partial charge >= 0.3 is 0 Å². The SMILES string of the molecule is CCCNCc1cc(Cl)ccc1OC(C)C(=O)NC(C)C. The van der Waals surface area contributed by atoms with Crippen LogP contribution in [0.1, 0.15) is 39.7 Å². The summed E-state index contributed by atoms with van der Waals surface area (Å²) >= 11 is 6.03. The molecule has 0 heterocycles. The predicted octanol–water partition coefficient (Wildman–Crippen LogP) is 3.13. The standard InChI is InChI=1S/C16H25ClN2O2/c1-5-8-18-10-13-9-14(17)6-7-15(13)21-12(4)16(20)19-11(2)3/h6-7,9,11-12,18H,5,8,10H2,1-4H3,(H,19,20). The molecule has 0 aliphatic rings. The summed E-state index contributed by atoms with van der Waals surface area (Å²) in [6, 6.07) is 5.55. The Hall–Kier alpha value is -1.26. The van der Waals surface area contributed by atoms with Gasteiger partial charge in [-0.1, -0.05) is 18.5 Å². The molecule has 0 spiro atoms. The number of carbonyl (C=O) groups excluding carboxylic acids is 1. The average molecular weight is 313 g/mol. The van der Waals surface area contributed by atoms with Gasteiger partial charge in [-0.3, -0.25) is 4.79 Å². The van der Waals surface area contributed by atoms with Crippen molar-refractivity contribution >= 4 is 17.5 Å². The van der Waals surface area contributed by atoms with Gasteiger partial charge in [0.2, 0.25) is 0 Å². The number of halogens is 1. The van der Waals surface area contributed by atoms with Crippen molar-refractivity contribution in [1.29, 1.82) is 0 Å². The molecule has 4 nitrogen and oxygen atoms in total. The number of rotatable bonds is 8. The van der Waals surface area contributed by atoms with E-state index in [9.17, 15) is 4.79 Å². The van der Waals surface area contributed by atoms with E-state index in [-0.39, 0.29) is 11.9 Å². The van der Waals surface area contributed by atoms with Gasteiger partial charge in [-0.2, -0.15) is 0 Å². The Morgan fingerprint density at radius 3 is 2.67 bits per heavy atom. The van der Waals surface area contributed by atoms with Crippen molar-refractivity contribution in [3.63, 3.8) is 0 Å². The van der Waals surface area contributed by atoms with Gasteiger partial charge < -0.3 is 15.4 Å². The molecule has 0 aromatic heterocycles. The maximum absolute atomic E-state index is 11.9. The maximum atomic E-state index is 11.9. The molecule has 118 valence electrons. The van der Waals surface area contributed by atoms with Gasteiger partial charge in [0.25, 0.3) is 5.91 Å². The summed E-state index contributed by atoms with van der Waals surface area (Å²) in [5, 5.41) is 6.82. The van der Waals surface area contributed by atoms with Crippen molar-refractivity contribution in [3.8, 4) is 5.75 Å². The molecule has 0 bridgehead atoms. The number of benzene rings is 1. The summed E-state index contributed by atoms with van der Waals surface area (Å²) in [5.74, 6) is 0.571. The van der Waals surface area contributed by atoms with Crippen molar-refractivity contribution in [2.75, 3.05) is 6.54 Å². The second kappa shape index (κ2) is 8.90. The van der Waals surface area contributed by atoms with E-state index < -0.39 is 6.10 Å². The number of nitrogens with one attached hydrogen (secondary N) is 2. The Morgan fingerprint density at radius 1 is 1.33 bits per heavy atom. The molecule has 1 atom stereocenters. The van der Waals surface area contributed by atoms with Crippen LogP contribution in [0.15, 0.2) is 18.2 Å². The topological polar surface area (TPSA) is 50.4 Å². The molecule has 0 aliphatic heterocycles. The molecule has 0 saturated heterocycles. The van der Waals surface area contributed by atoms with Crippen LogP contribution in [0.25, 0.3) is 0 Å². The number of carbonyl (C=O) groups is 1. The lowest BCUT2D eigenvalue weighted by atomic mass is 10.2. The first kappa shape index (κ1) is 17.8. The van der Waals surface area contributed by atoms with Crippen LogP contribution < -0.4 is 15.4 Å². The van der Waals surface area contributed by atoms with Gasteiger partial charge in [-0.15, -0.1) is 0 Å². The number of hydrogen-bond acceptors (Lipinski definition) is 3. The van der Waals surface area contributed by atoms with Gasteiger partial charge in [0.1, 0.15) is 5.75 Å². The summed E-state index contributed by atoms with van der Waals surface area (Å²) in [6.45, 7) is 9.30. The fraction of sp³-hybridized carbons (Fsp3) is 0.562. The average Bonchev–Trinajstić information content (AvgIpc) is 2.41. The highest BCUT2D eigenvalue weighted by atomic mass is 35.5. The van der Waals surface area contributed by atoms with E-state index in [4.69, 9.17) is 16.3 Å². The number of ether oxygens (including phenoxy) is 1. The lowest BCUT2D eigenvalue weighted by molar-refractivity contribution is -0.127. The van der Waals surface area contributed by atoms with Gasteiger partial charge in [0.15, 0.2) is 6.10 Å². The molecule has 1 aromatic rings. The molecule has 5 heteroatoms.